The van der Waals surface area contributed by atoms with E-state index in [2.05, 4.69) is 25.4 Å². The van der Waals surface area contributed by atoms with Crippen LogP contribution >= 0.6 is 0 Å². The molecule has 118 valence electrons. The molecule has 1 amide bonds. The highest BCUT2D eigenvalue weighted by Crippen LogP contribution is 2.08. The lowest BCUT2D eigenvalue weighted by Gasteiger charge is -2.27. The Labute approximate surface area is 126 Å². The molecule has 1 aliphatic heterocycles. The van der Waals surface area contributed by atoms with Crippen molar-refractivity contribution in [3.8, 4) is 0 Å². The largest absolute Gasteiger partial charge is 0.342 e. The summed E-state index contributed by atoms with van der Waals surface area (Å²) in [5.41, 5.74) is 0.218. The van der Waals surface area contributed by atoms with Crippen LogP contribution in [-0.2, 0) is 11.2 Å². The zero-order valence-electron chi connectivity index (χ0n) is 12.4. The number of amides is 1. The van der Waals surface area contributed by atoms with E-state index < -0.39 is 0 Å². The van der Waals surface area contributed by atoms with Gasteiger partial charge in [-0.1, -0.05) is 0 Å². The van der Waals surface area contributed by atoms with Crippen molar-refractivity contribution in [1.82, 2.24) is 34.9 Å². The fourth-order valence-corrected chi connectivity index (χ4v) is 2.59. The lowest BCUT2D eigenvalue weighted by atomic mass is 10.3. The number of aromatic amines is 1. The molecule has 0 saturated carbocycles. The second-order valence-corrected chi connectivity index (χ2v) is 5.37. The van der Waals surface area contributed by atoms with Gasteiger partial charge in [-0.05, 0) is 12.8 Å². The average molecular weight is 305 g/mol. The summed E-state index contributed by atoms with van der Waals surface area (Å²) in [5, 5.41) is 11.1. The maximum atomic E-state index is 12.1. The molecule has 2 N–H and O–H groups in total. The van der Waals surface area contributed by atoms with E-state index in [0.29, 0.717) is 18.1 Å². The molecule has 2 aromatic rings. The van der Waals surface area contributed by atoms with Crippen LogP contribution in [0.3, 0.4) is 0 Å². The molecule has 0 unspecified atom stereocenters. The van der Waals surface area contributed by atoms with Crippen LogP contribution in [0.5, 0.6) is 0 Å². The molecule has 22 heavy (non-hydrogen) atoms. The highest BCUT2D eigenvalue weighted by atomic mass is 16.2. The second kappa shape index (κ2) is 6.24. The first-order chi connectivity index (χ1) is 10.6. The summed E-state index contributed by atoms with van der Waals surface area (Å²) in [7, 11) is 1.95. The molecule has 1 aliphatic rings. The van der Waals surface area contributed by atoms with Gasteiger partial charge in [-0.15, -0.1) is 0 Å². The van der Waals surface area contributed by atoms with Gasteiger partial charge >= 0.3 is 0 Å². The second-order valence-electron chi connectivity index (χ2n) is 5.37. The number of nitrogens with one attached hydrogen (secondary N) is 2. The highest BCUT2D eigenvalue weighted by molar-refractivity contribution is 5.78. The zero-order valence-corrected chi connectivity index (χ0v) is 12.4. The molecule has 3 rings (SSSR count). The predicted molar refractivity (Wildman–Crippen MR) is 78.9 cm³/mol. The van der Waals surface area contributed by atoms with Crippen molar-refractivity contribution < 1.29 is 4.79 Å². The molecule has 0 aromatic carbocycles. The van der Waals surface area contributed by atoms with Crippen molar-refractivity contribution in [2.45, 2.75) is 19.3 Å². The normalized spacial score (nSPS) is 15.7. The van der Waals surface area contributed by atoms with E-state index in [4.69, 9.17) is 0 Å². The van der Waals surface area contributed by atoms with E-state index in [1.54, 1.807) is 0 Å². The lowest BCUT2D eigenvalue weighted by molar-refractivity contribution is -0.122. The Balaban J connectivity index is 1.61. The number of hydrogen-bond donors (Lipinski definition) is 2. The molecular formula is C13H19N7O2. The predicted octanol–water partition coefficient (Wildman–Crippen LogP) is -1.02. The number of rotatable bonds is 5. The highest BCUT2D eigenvalue weighted by Gasteiger charge is 2.17. The van der Waals surface area contributed by atoms with E-state index in [0.717, 1.165) is 13.1 Å². The number of aromatic nitrogens is 4. The van der Waals surface area contributed by atoms with Crippen molar-refractivity contribution in [3.63, 3.8) is 0 Å². The van der Waals surface area contributed by atoms with Crippen LogP contribution in [0.2, 0.25) is 0 Å². The van der Waals surface area contributed by atoms with Crippen molar-refractivity contribution in [3.05, 3.63) is 28.4 Å². The molecule has 9 nitrogen and oxygen atoms in total. The van der Waals surface area contributed by atoms with Crippen molar-refractivity contribution in [2.24, 2.45) is 0 Å². The first-order valence-electron chi connectivity index (χ1n) is 7.28. The summed E-state index contributed by atoms with van der Waals surface area (Å²) in [6, 6.07) is 1.37. The Kier molecular flexibility index (Phi) is 4.16. The fraction of sp³-hybridized carbons (Fsp3) is 0.538. The van der Waals surface area contributed by atoms with Gasteiger partial charge in [0.15, 0.2) is 0 Å². The molecule has 0 spiro atoms. The van der Waals surface area contributed by atoms with Gasteiger partial charge in [0.1, 0.15) is 6.33 Å². The van der Waals surface area contributed by atoms with Gasteiger partial charge in [0.25, 0.3) is 5.56 Å². The van der Waals surface area contributed by atoms with Crippen LogP contribution in [0.1, 0.15) is 18.5 Å². The monoisotopic (exact) mass is 305 g/mol. The Morgan fingerprint density at radius 1 is 1.45 bits per heavy atom. The maximum absolute atomic E-state index is 12.1. The van der Waals surface area contributed by atoms with Crippen LogP contribution in [0.4, 0.5) is 0 Å². The zero-order chi connectivity index (χ0) is 15.5. The lowest BCUT2D eigenvalue weighted by Crippen LogP contribution is -2.45. The van der Waals surface area contributed by atoms with E-state index in [-0.39, 0.29) is 17.9 Å². The molecule has 1 fully saturated rings. The SMILES string of the molecule is CN(CNC(=O)Cc1cc(=O)[nH]c2ncnn12)N1CCCC1. The molecule has 0 aliphatic carbocycles. The van der Waals surface area contributed by atoms with Crippen molar-refractivity contribution in [2.75, 3.05) is 26.8 Å². The molecule has 2 aromatic heterocycles. The Morgan fingerprint density at radius 3 is 3.00 bits per heavy atom. The number of fused-ring (bicyclic) bond motifs is 1. The minimum Gasteiger partial charge on any atom is -0.342 e. The summed E-state index contributed by atoms with van der Waals surface area (Å²) in [6.07, 6.45) is 3.80. The molecule has 9 heteroatoms. The average Bonchev–Trinajstić information content (AvgIpc) is 3.15. The number of hydrazine groups is 1. The third-order valence-electron chi connectivity index (χ3n) is 3.76. The van der Waals surface area contributed by atoms with Gasteiger partial charge in [-0.25, -0.2) is 14.5 Å². The summed E-state index contributed by atoms with van der Waals surface area (Å²) in [6.45, 7) is 2.50. The number of nitrogens with zero attached hydrogens (tertiary/aromatic N) is 5. The van der Waals surface area contributed by atoms with Gasteiger partial charge in [-0.2, -0.15) is 10.1 Å². The van der Waals surface area contributed by atoms with Crippen LogP contribution in [0.15, 0.2) is 17.2 Å². The summed E-state index contributed by atoms with van der Waals surface area (Å²) >= 11 is 0. The van der Waals surface area contributed by atoms with Gasteiger partial charge < -0.3 is 5.32 Å². The smallest absolute Gasteiger partial charge is 0.252 e. The van der Waals surface area contributed by atoms with Crippen LogP contribution in [0, 0.1) is 0 Å². The minimum absolute atomic E-state index is 0.0810. The van der Waals surface area contributed by atoms with Gasteiger partial charge in [-0.3, -0.25) is 14.6 Å². The van der Waals surface area contributed by atoms with Gasteiger partial charge in [0.2, 0.25) is 11.7 Å². The third-order valence-corrected chi connectivity index (χ3v) is 3.76. The molecule has 0 radical (unpaired) electrons. The number of hydrogen-bond acceptors (Lipinski definition) is 6. The maximum Gasteiger partial charge on any atom is 0.252 e. The number of H-pyrrole nitrogens is 1. The quantitative estimate of drug-likeness (QED) is 0.686. The Bertz CT molecular complexity index is 716. The van der Waals surface area contributed by atoms with Crippen LogP contribution in [-0.4, -0.2) is 62.3 Å². The van der Waals surface area contributed by atoms with Crippen LogP contribution < -0.4 is 10.9 Å². The van der Waals surface area contributed by atoms with Gasteiger partial charge in [0.05, 0.1) is 18.8 Å². The Morgan fingerprint density at radius 2 is 2.23 bits per heavy atom. The van der Waals surface area contributed by atoms with Crippen molar-refractivity contribution >= 4 is 11.7 Å². The minimum atomic E-state index is -0.294. The summed E-state index contributed by atoms with van der Waals surface area (Å²) < 4.78 is 1.46. The van der Waals surface area contributed by atoms with Gasteiger partial charge in [0, 0.05) is 26.2 Å². The first-order valence-corrected chi connectivity index (χ1v) is 7.28. The molecule has 3 heterocycles. The molecular weight excluding hydrogens is 286 g/mol. The standard InChI is InChI=1S/C13H19N7O2/c1-18(19-4-2-3-5-19)9-15-11(21)6-10-7-12(22)17-13-14-8-16-20(10)13/h7-8H,2-6,9H2,1H3,(H,15,21)(H,14,16,17,22). The third kappa shape index (κ3) is 3.15. The van der Waals surface area contributed by atoms with Crippen LogP contribution in [0.25, 0.3) is 5.78 Å². The number of carbonyl (C=O) groups is 1. The summed E-state index contributed by atoms with van der Waals surface area (Å²) in [5.74, 6) is 0.179. The topological polar surface area (TPSA) is 98.6 Å². The van der Waals surface area contributed by atoms with Crippen molar-refractivity contribution in [1.29, 1.82) is 0 Å². The molecule has 0 atom stereocenters. The summed E-state index contributed by atoms with van der Waals surface area (Å²) in [4.78, 5) is 30.1. The fourth-order valence-electron chi connectivity index (χ4n) is 2.59. The van der Waals surface area contributed by atoms with E-state index >= 15 is 0 Å². The van der Waals surface area contributed by atoms with E-state index in [9.17, 15) is 9.59 Å². The molecule has 0 bridgehead atoms. The van der Waals surface area contributed by atoms with E-state index in [1.807, 2.05) is 12.1 Å². The van der Waals surface area contributed by atoms with E-state index in [1.165, 1.54) is 29.8 Å². The number of carbonyl (C=O) groups excluding carboxylic acids is 1. The molecule has 1 saturated heterocycles. The Hall–Kier alpha value is -2.26. The first kappa shape index (κ1) is 14.7.